The Hall–Kier alpha value is -3.12. The second kappa shape index (κ2) is 7.25. The van der Waals surface area contributed by atoms with Crippen LogP contribution in [-0.4, -0.2) is 24.2 Å². The molecule has 0 aliphatic rings. The highest BCUT2D eigenvalue weighted by Crippen LogP contribution is 2.38. The van der Waals surface area contributed by atoms with Gasteiger partial charge in [0, 0.05) is 34.8 Å². The average molecular weight is 377 g/mol. The minimum absolute atomic E-state index is 0.714. The summed E-state index contributed by atoms with van der Waals surface area (Å²) in [6.45, 7) is 2.09. The Morgan fingerprint density at radius 3 is 2.30 bits per heavy atom. The van der Waals surface area contributed by atoms with Crippen LogP contribution in [-0.2, 0) is 0 Å². The highest BCUT2D eigenvalue weighted by molar-refractivity contribution is 7.17. The number of methoxy groups -OCH3 is 2. The number of rotatable bonds is 5. The maximum Gasteiger partial charge on any atom is 0.143 e. The predicted molar refractivity (Wildman–Crippen MR) is 110 cm³/mol. The first-order chi connectivity index (χ1) is 13.2. The highest BCUT2D eigenvalue weighted by atomic mass is 32.1. The van der Waals surface area contributed by atoms with Gasteiger partial charge in [0.05, 0.1) is 19.6 Å². The summed E-state index contributed by atoms with van der Waals surface area (Å²) in [7, 11) is 3.27. The predicted octanol–water partition coefficient (Wildman–Crippen LogP) is 5.43. The number of fused-ring (bicyclic) bond motifs is 1. The summed E-state index contributed by atoms with van der Waals surface area (Å²) in [5.41, 5.74) is 4.34. The largest absolute Gasteiger partial charge is 0.497 e. The molecule has 0 fully saturated rings. The molecule has 0 unspecified atom stereocenters. The van der Waals surface area contributed by atoms with E-state index >= 15 is 0 Å². The normalized spacial score (nSPS) is 10.8. The molecule has 2 heterocycles. The van der Waals surface area contributed by atoms with E-state index in [-0.39, 0.29) is 0 Å². The SMILES string of the molecule is COc1cc(Nc2ncnc3scc(-c4ccc(C)cc4)c23)cc(OC)c1. The Bertz CT molecular complexity index is 1070. The molecule has 0 spiro atoms. The molecule has 0 aliphatic heterocycles. The number of aryl methyl sites for hydroxylation is 1. The number of aromatic nitrogens is 2. The first kappa shape index (κ1) is 17.3. The van der Waals surface area contributed by atoms with Gasteiger partial charge in [-0.3, -0.25) is 0 Å². The molecule has 2 aromatic carbocycles. The molecule has 4 aromatic rings. The number of hydrogen-bond acceptors (Lipinski definition) is 6. The zero-order chi connectivity index (χ0) is 18.8. The molecule has 5 nitrogen and oxygen atoms in total. The molecule has 2 aromatic heterocycles. The second-order valence-corrected chi connectivity index (χ2v) is 7.00. The Morgan fingerprint density at radius 2 is 1.63 bits per heavy atom. The van der Waals surface area contributed by atoms with Crippen LogP contribution in [0.2, 0.25) is 0 Å². The topological polar surface area (TPSA) is 56.3 Å². The third-order valence-corrected chi connectivity index (χ3v) is 5.23. The van der Waals surface area contributed by atoms with E-state index in [4.69, 9.17) is 9.47 Å². The van der Waals surface area contributed by atoms with Gasteiger partial charge in [-0.1, -0.05) is 29.8 Å². The fraction of sp³-hybridized carbons (Fsp3) is 0.143. The maximum absolute atomic E-state index is 5.36. The second-order valence-electron chi connectivity index (χ2n) is 6.14. The van der Waals surface area contributed by atoms with Crippen LogP contribution in [0.3, 0.4) is 0 Å². The Balaban J connectivity index is 1.81. The molecule has 27 heavy (non-hydrogen) atoms. The average Bonchev–Trinajstić information content (AvgIpc) is 3.13. The van der Waals surface area contributed by atoms with Crippen molar-refractivity contribution < 1.29 is 9.47 Å². The van der Waals surface area contributed by atoms with Gasteiger partial charge in [0.15, 0.2) is 0 Å². The van der Waals surface area contributed by atoms with Crippen molar-refractivity contribution in [1.29, 1.82) is 0 Å². The minimum atomic E-state index is 0.714. The van der Waals surface area contributed by atoms with Crippen LogP contribution >= 0.6 is 11.3 Å². The van der Waals surface area contributed by atoms with Gasteiger partial charge in [0.2, 0.25) is 0 Å². The lowest BCUT2D eigenvalue weighted by Gasteiger charge is -2.11. The number of ether oxygens (including phenoxy) is 2. The number of nitrogens with zero attached hydrogens (tertiary/aromatic N) is 2. The first-order valence-corrected chi connectivity index (χ1v) is 9.35. The third-order valence-electron chi connectivity index (χ3n) is 4.35. The molecular weight excluding hydrogens is 358 g/mol. The molecule has 136 valence electrons. The van der Waals surface area contributed by atoms with Gasteiger partial charge in [-0.05, 0) is 12.5 Å². The fourth-order valence-electron chi connectivity index (χ4n) is 2.93. The van der Waals surface area contributed by atoms with Crippen LogP contribution in [0.1, 0.15) is 5.56 Å². The monoisotopic (exact) mass is 377 g/mol. The Labute approximate surface area is 161 Å². The van der Waals surface area contributed by atoms with Gasteiger partial charge in [-0.15, -0.1) is 11.3 Å². The van der Waals surface area contributed by atoms with Crippen molar-refractivity contribution in [3.05, 3.63) is 59.7 Å². The van der Waals surface area contributed by atoms with E-state index < -0.39 is 0 Å². The van der Waals surface area contributed by atoms with Crippen LogP contribution in [0.15, 0.2) is 54.2 Å². The van der Waals surface area contributed by atoms with Crippen molar-refractivity contribution in [3.63, 3.8) is 0 Å². The maximum atomic E-state index is 5.36. The van der Waals surface area contributed by atoms with Crippen LogP contribution in [0, 0.1) is 6.92 Å². The minimum Gasteiger partial charge on any atom is -0.497 e. The van der Waals surface area contributed by atoms with Gasteiger partial charge in [-0.2, -0.15) is 0 Å². The highest BCUT2D eigenvalue weighted by Gasteiger charge is 2.14. The summed E-state index contributed by atoms with van der Waals surface area (Å²) in [6.07, 6.45) is 1.58. The molecule has 4 rings (SSSR count). The van der Waals surface area contributed by atoms with Crippen molar-refractivity contribution in [3.8, 4) is 22.6 Å². The van der Waals surface area contributed by atoms with Crippen molar-refractivity contribution >= 4 is 33.1 Å². The molecule has 1 N–H and O–H groups in total. The smallest absolute Gasteiger partial charge is 0.143 e. The zero-order valence-corrected chi connectivity index (χ0v) is 16.1. The van der Waals surface area contributed by atoms with E-state index in [1.54, 1.807) is 31.9 Å². The molecule has 0 radical (unpaired) electrons. The van der Waals surface area contributed by atoms with Crippen LogP contribution < -0.4 is 14.8 Å². The van der Waals surface area contributed by atoms with Crippen molar-refractivity contribution in [2.75, 3.05) is 19.5 Å². The van der Waals surface area contributed by atoms with E-state index in [1.807, 2.05) is 18.2 Å². The molecule has 0 aliphatic carbocycles. The summed E-state index contributed by atoms with van der Waals surface area (Å²) in [5.74, 6) is 2.18. The first-order valence-electron chi connectivity index (χ1n) is 8.47. The molecule has 0 amide bonds. The van der Waals surface area contributed by atoms with E-state index in [2.05, 4.69) is 51.9 Å². The van der Waals surface area contributed by atoms with Crippen molar-refractivity contribution in [2.45, 2.75) is 6.92 Å². The van der Waals surface area contributed by atoms with E-state index in [1.165, 1.54) is 5.56 Å². The quantitative estimate of drug-likeness (QED) is 0.503. The number of thiophene rings is 1. The summed E-state index contributed by atoms with van der Waals surface area (Å²) < 4.78 is 10.7. The summed E-state index contributed by atoms with van der Waals surface area (Å²) in [4.78, 5) is 9.87. The molecule has 0 saturated heterocycles. The van der Waals surface area contributed by atoms with E-state index in [9.17, 15) is 0 Å². The molecule has 6 heteroatoms. The molecule has 0 saturated carbocycles. The van der Waals surface area contributed by atoms with Crippen molar-refractivity contribution in [1.82, 2.24) is 9.97 Å². The van der Waals surface area contributed by atoms with E-state index in [0.29, 0.717) is 11.5 Å². The lowest BCUT2D eigenvalue weighted by atomic mass is 10.0. The standard InChI is InChI=1S/C21H19N3O2S/c1-13-4-6-14(7-5-13)18-11-27-21-19(18)20(22-12-23-21)24-15-8-16(25-2)10-17(9-15)26-3/h4-12H,1-3H3,(H,22,23,24). The number of hydrogen-bond donors (Lipinski definition) is 1. The van der Waals surface area contributed by atoms with Crippen LogP contribution in [0.5, 0.6) is 11.5 Å². The lowest BCUT2D eigenvalue weighted by Crippen LogP contribution is -1.97. The summed E-state index contributed by atoms with van der Waals surface area (Å²) in [6, 6.07) is 14.1. The van der Waals surface area contributed by atoms with Gasteiger partial charge in [0.25, 0.3) is 0 Å². The Kier molecular flexibility index (Phi) is 4.64. The lowest BCUT2D eigenvalue weighted by molar-refractivity contribution is 0.395. The molecule has 0 bridgehead atoms. The van der Waals surface area contributed by atoms with Gasteiger partial charge in [0.1, 0.15) is 28.5 Å². The molecule has 0 atom stereocenters. The fourth-order valence-corrected chi connectivity index (χ4v) is 3.85. The summed E-state index contributed by atoms with van der Waals surface area (Å²) in [5, 5.41) is 6.53. The zero-order valence-electron chi connectivity index (χ0n) is 15.3. The van der Waals surface area contributed by atoms with Crippen molar-refractivity contribution in [2.24, 2.45) is 0 Å². The van der Waals surface area contributed by atoms with E-state index in [0.717, 1.165) is 32.8 Å². The van der Waals surface area contributed by atoms with Gasteiger partial charge < -0.3 is 14.8 Å². The number of benzene rings is 2. The number of nitrogens with one attached hydrogen (secondary N) is 1. The Morgan fingerprint density at radius 1 is 0.926 bits per heavy atom. The summed E-state index contributed by atoms with van der Waals surface area (Å²) >= 11 is 1.61. The van der Waals surface area contributed by atoms with Gasteiger partial charge in [-0.25, -0.2) is 9.97 Å². The third kappa shape index (κ3) is 3.44. The van der Waals surface area contributed by atoms with Crippen LogP contribution in [0.25, 0.3) is 21.3 Å². The van der Waals surface area contributed by atoms with Crippen LogP contribution in [0.4, 0.5) is 11.5 Å². The molecular formula is C21H19N3O2S. The van der Waals surface area contributed by atoms with Gasteiger partial charge >= 0.3 is 0 Å². The number of anilines is 2.